The van der Waals surface area contributed by atoms with Crippen LogP contribution >= 0.6 is 0 Å². The van der Waals surface area contributed by atoms with E-state index in [4.69, 9.17) is 4.74 Å². The van der Waals surface area contributed by atoms with Gasteiger partial charge in [0.25, 0.3) is 0 Å². The van der Waals surface area contributed by atoms with E-state index in [1.807, 2.05) is 25.1 Å². The van der Waals surface area contributed by atoms with Crippen molar-refractivity contribution in [3.63, 3.8) is 0 Å². The predicted octanol–water partition coefficient (Wildman–Crippen LogP) is 3.26. The third-order valence-corrected chi connectivity index (χ3v) is 2.11. The molecule has 1 rings (SSSR count). The second-order valence-corrected chi connectivity index (χ2v) is 3.05. The van der Waals surface area contributed by atoms with Gasteiger partial charge in [0, 0.05) is 18.2 Å². The summed E-state index contributed by atoms with van der Waals surface area (Å²) in [5.41, 5.74) is 2.13. The summed E-state index contributed by atoms with van der Waals surface area (Å²) >= 11 is 0. The molecular weight excluding hydrogens is 174 g/mol. The van der Waals surface area contributed by atoms with Gasteiger partial charge in [0.05, 0.1) is 12.3 Å². The van der Waals surface area contributed by atoms with Crippen molar-refractivity contribution >= 4 is 5.57 Å². The van der Waals surface area contributed by atoms with Crippen molar-refractivity contribution in [2.24, 2.45) is 0 Å². The van der Waals surface area contributed by atoms with Crippen molar-refractivity contribution < 1.29 is 4.74 Å². The number of allylic oxidation sites excluding steroid dienone is 2. The zero-order chi connectivity index (χ0) is 10.4. The van der Waals surface area contributed by atoms with E-state index in [1.165, 1.54) is 0 Å². The quantitative estimate of drug-likeness (QED) is 0.681. The molecule has 0 saturated heterocycles. The Balaban J connectivity index is 2.95. The van der Waals surface area contributed by atoms with Crippen molar-refractivity contribution in [3.05, 3.63) is 35.8 Å². The van der Waals surface area contributed by atoms with Gasteiger partial charge in [0.15, 0.2) is 0 Å². The second kappa shape index (κ2) is 5.43. The average molecular weight is 191 g/mol. The van der Waals surface area contributed by atoms with Gasteiger partial charge in [0.1, 0.15) is 5.76 Å². The Morgan fingerprint density at radius 1 is 1.36 bits per heavy atom. The Kier molecular flexibility index (Phi) is 4.17. The van der Waals surface area contributed by atoms with Gasteiger partial charge >= 0.3 is 0 Å². The fraction of sp³-hybridized carbons (Fsp3) is 0.417. The number of hydrogen-bond donors (Lipinski definition) is 0. The molecule has 0 saturated carbocycles. The standard InChI is InChI=1S/C12H17NO/c1-4-12(14-5-2)10(3)11-8-6-7-9-13-11/h6-9H,4-5H2,1-3H3/b12-10-. The molecule has 1 heterocycles. The van der Waals surface area contributed by atoms with Crippen LogP contribution in [0.4, 0.5) is 0 Å². The molecule has 0 bridgehead atoms. The number of hydrogen-bond acceptors (Lipinski definition) is 2. The minimum Gasteiger partial charge on any atom is -0.498 e. The lowest BCUT2D eigenvalue weighted by molar-refractivity contribution is 0.223. The van der Waals surface area contributed by atoms with Crippen LogP contribution in [0.5, 0.6) is 0 Å². The molecule has 0 unspecified atom stereocenters. The van der Waals surface area contributed by atoms with Crippen LogP contribution in [0.2, 0.25) is 0 Å². The van der Waals surface area contributed by atoms with Gasteiger partial charge in [0.2, 0.25) is 0 Å². The molecular formula is C12H17NO. The fourth-order valence-corrected chi connectivity index (χ4v) is 1.38. The largest absolute Gasteiger partial charge is 0.498 e. The first-order valence-electron chi connectivity index (χ1n) is 5.03. The Labute approximate surface area is 85.6 Å². The number of pyridine rings is 1. The zero-order valence-corrected chi connectivity index (χ0v) is 9.08. The first kappa shape index (κ1) is 10.8. The monoisotopic (exact) mass is 191 g/mol. The highest BCUT2D eigenvalue weighted by Gasteiger charge is 2.04. The molecule has 1 aromatic heterocycles. The van der Waals surface area contributed by atoms with Crippen LogP contribution in [0.3, 0.4) is 0 Å². The third kappa shape index (κ3) is 2.59. The summed E-state index contributed by atoms with van der Waals surface area (Å²) in [7, 11) is 0. The van der Waals surface area contributed by atoms with Crippen molar-refractivity contribution in [2.75, 3.05) is 6.61 Å². The van der Waals surface area contributed by atoms with Crippen LogP contribution in [-0.2, 0) is 4.74 Å². The normalized spacial score (nSPS) is 12.2. The number of rotatable bonds is 4. The minimum absolute atomic E-state index is 0.716. The zero-order valence-electron chi connectivity index (χ0n) is 9.08. The van der Waals surface area contributed by atoms with Gasteiger partial charge in [-0.15, -0.1) is 0 Å². The van der Waals surface area contributed by atoms with Crippen LogP contribution in [0.15, 0.2) is 30.2 Å². The Hall–Kier alpha value is -1.31. The lowest BCUT2D eigenvalue weighted by atomic mass is 10.1. The molecule has 14 heavy (non-hydrogen) atoms. The van der Waals surface area contributed by atoms with E-state index < -0.39 is 0 Å². The predicted molar refractivity (Wildman–Crippen MR) is 58.7 cm³/mol. The molecule has 0 radical (unpaired) electrons. The van der Waals surface area contributed by atoms with Crippen LogP contribution in [0.1, 0.15) is 32.9 Å². The number of ether oxygens (including phenoxy) is 1. The summed E-state index contributed by atoms with van der Waals surface area (Å²) in [5, 5.41) is 0. The van der Waals surface area contributed by atoms with E-state index in [0.717, 1.165) is 23.4 Å². The number of aromatic nitrogens is 1. The maximum atomic E-state index is 5.55. The summed E-state index contributed by atoms with van der Waals surface area (Å²) in [6.45, 7) is 6.86. The van der Waals surface area contributed by atoms with Crippen LogP contribution in [0, 0.1) is 0 Å². The second-order valence-electron chi connectivity index (χ2n) is 3.05. The Morgan fingerprint density at radius 3 is 2.64 bits per heavy atom. The van der Waals surface area contributed by atoms with E-state index in [9.17, 15) is 0 Å². The lowest BCUT2D eigenvalue weighted by Gasteiger charge is -2.10. The van der Waals surface area contributed by atoms with E-state index in [0.29, 0.717) is 6.61 Å². The topological polar surface area (TPSA) is 22.1 Å². The first-order chi connectivity index (χ1) is 6.79. The molecule has 0 aliphatic heterocycles. The SMILES string of the molecule is CCO/C(CC)=C(/C)c1ccccn1. The van der Waals surface area contributed by atoms with Crippen LogP contribution < -0.4 is 0 Å². The van der Waals surface area contributed by atoms with Crippen molar-refractivity contribution in [1.82, 2.24) is 4.98 Å². The first-order valence-corrected chi connectivity index (χ1v) is 5.03. The molecule has 2 nitrogen and oxygen atoms in total. The van der Waals surface area contributed by atoms with Gasteiger partial charge in [-0.3, -0.25) is 4.98 Å². The molecule has 76 valence electrons. The van der Waals surface area contributed by atoms with Gasteiger partial charge in [-0.1, -0.05) is 13.0 Å². The average Bonchev–Trinajstić information content (AvgIpc) is 2.26. The minimum atomic E-state index is 0.716. The summed E-state index contributed by atoms with van der Waals surface area (Å²) in [6, 6.07) is 5.91. The van der Waals surface area contributed by atoms with E-state index in [-0.39, 0.29) is 0 Å². The summed E-state index contributed by atoms with van der Waals surface area (Å²) < 4.78 is 5.55. The molecule has 0 spiro atoms. The highest BCUT2D eigenvalue weighted by Crippen LogP contribution is 2.18. The number of nitrogens with zero attached hydrogens (tertiary/aromatic N) is 1. The Bertz CT molecular complexity index is 303. The van der Waals surface area contributed by atoms with Crippen molar-refractivity contribution in [1.29, 1.82) is 0 Å². The van der Waals surface area contributed by atoms with Crippen LogP contribution in [-0.4, -0.2) is 11.6 Å². The third-order valence-electron chi connectivity index (χ3n) is 2.11. The molecule has 0 aromatic carbocycles. The molecule has 0 fully saturated rings. The smallest absolute Gasteiger partial charge is 0.101 e. The highest BCUT2D eigenvalue weighted by molar-refractivity contribution is 5.62. The molecule has 0 atom stereocenters. The van der Waals surface area contributed by atoms with E-state index in [1.54, 1.807) is 6.20 Å². The van der Waals surface area contributed by atoms with E-state index >= 15 is 0 Å². The Morgan fingerprint density at radius 2 is 2.14 bits per heavy atom. The van der Waals surface area contributed by atoms with Crippen LogP contribution in [0.25, 0.3) is 5.57 Å². The van der Waals surface area contributed by atoms with Crippen molar-refractivity contribution in [3.8, 4) is 0 Å². The maximum Gasteiger partial charge on any atom is 0.101 e. The summed E-state index contributed by atoms with van der Waals surface area (Å²) in [5.74, 6) is 1.03. The van der Waals surface area contributed by atoms with Gasteiger partial charge < -0.3 is 4.74 Å². The summed E-state index contributed by atoms with van der Waals surface area (Å²) in [6.07, 6.45) is 2.72. The molecule has 2 heteroatoms. The lowest BCUT2D eigenvalue weighted by Crippen LogP contribution is -1.95. The maximum absolute atomic E-state index is 5.55. The van der Waals surface area contributed by atoms with E-state index in [2.05, 4.69) is 18.8 Å². The fourth-order valence-electron chi connectivity index (χ4n) is 1.38. The van der Waals surface area contributed by atoms with Crippen molar-refractivity contribution in [2.45, 2.75) is 27.2 Å². The molecule has 0 N–H and O–H groups in total. The molecule has 0 amide bonds. The summed E-state index contributed by atoms with van der Waals surface area (Å²) in [4.78, 5) is 4.29. The van der Waals surface area contributed by atoms with Gasteiger partial charge in [-0.2, -0.15) is 0 Å². The van der Waals surface area contributed by atoms with Gasteiger partial charge in [-0.05, 0) is 26.0 Å². The highest BCUT2D eigenvalue weighted by atomic mass is 16.5. The molecule has 1 aromatic rings. The molecule has 0 aliphatic rings. The molecule has 0 aliphatic carbocycles. The van der Waals surface area contributed by atoms with Gasteiger partial charge in [-0.25, -0.2) is 0 Å².